The largest absolute Gasteiger partial charge is 0.508 e. The van der Waals surface area contributed by atoms with Crippen molar-refractivity contribution < 1.29 is 14.7 Å². The number of aromatic hydroxyl groups is 1. The van der Waals surface area contributed by atoms with Gasteiger partial charge in [-0.1, -0.05) is 31.9 Å². The average Bonchev–Trinajstić information content (AvgIpc) is 2.61. The Morgan fingerprint density at radius 2 is 1.65 bits per heavy atom. The van der Waals surface area contributed by atoms with E-state index < -0.39 is 0 Å². The monoisotopic (exact) mass is 483 g/mol. The van der Waals surface area contributed by atoms with E-state index in [2.05, 4.69) is 47.8 Å². The van der Waals surface area contributed by atoms with Crippen LogP contribution in [0, 0.1) is 0 Å². The van der Waals surface area contributed by atoms with E-state index in [0.29, 0.717) is 24.9 Å². The molecule has 4 N–H and O–H groups in total. The fourth-order valence-corrected chi connectivity index (χ4v) is 2.81. The first kappa shape index (κ1) is 20.3. The highest BCUT2D eigenvalue weighted by Crippen LogP contribution is 2.21. The Morgan fingerprint density at radius 3 is 2.38 bits per heavy atom. The molecule has 2 rings (SSSR count). The Labute approximate surface area is 168 Å². The summed E-state index contributed by atoms with van der Waals surface area (Å²) in [6.45, 7) is 0.589. The first-order chi connectivity index (χ1) is 12.4. The van der Waals surface area contributed by atoms with Crippen LogP contribution in [0.25, 0.3) is 0 Å². The smallest absolute Gasteiger partial charge is 0.315 e. The number of carbonyl (C=O) groups is 2. The van der Waals surface area contributed by atoms with Gasteiger partial charge in [0.1, 0.15) is 5.75 Å². The van der Waals surface area contributed by atoms with Crippen LogP contribution in [0.5, 0.6) is 5.75 Å². The lowest BCUT2D eigenvalue weighted by Crippen LogP contribution is -2.35. The lowest BCUT2D eigenvalue weighted by Gasteiger charge is -2.09. The van der Waals surface area contributed by atoms with Crippen LogP contribution in [0.2, 0.25) is 0 Å². The zero-order chi connectivity index (χ0) is 18.9. The third-order valence-corrected chi connectivity index (χ3v) is 4.50. The summed E-state index contributed by atoms with van der Waals surface area (Å²) in [7, 11) is 0. The van der Waals surface area contributed by atoms with E-state index in [-0.39, 0.29) is 24.2 Å². The number of hydrogen-bond donors (Lipinski definition) is 4. The number of amides is 3. The summed E-state index contributed by atoms with van der Waals surface area (Å²) in [6.07, 6.45) is 0.834. The molecule has 3 amide bonds. The summed E-state index contributed by atoms with van der Waals surface area (Å²) < 4.78 is 1.77. The summed E-state index contributed by atoms with van der Waals surface area (Å²) in [5.41, 5.74) is 1.35. The lowest BCUT2D eigenvalue weighted by atomic mass is 10.2. The molecule has 0 unspecified atom stereocenters. The van der Waals surface area contributed by atoms with E-state index in [0.717, 1.165) is 14.6 Å². The van der Waals surface area contributed by atoms with Crippen molar-refractivity contribution in [2.24, 2.45) is 0 Å². The predicted molar refractivity (Wildman–Crippen MR) is 108 cm³/mol. The van der Waals surface area contributed by atoms with Gasteiger partial charge in [-0.3, -0.25) is 4.79 Å². The highest BCUT2D eigenvalue weighted by molar-refractivity contribution is 9.10. The normalized spacial score (nSPS) is 10.2. The van der Waals surface area contributed by atoms with Crippen LogP contribution < -0.4 is 16.0 Å². The molecular weight excluding hydrogens is 466 g/mol. The van der Waals surface area contributed by atoms with Crippen LogP contribution >= 0.6 is 31.9 Å². The number of halogens is 2. The zero-order valence-electron chi connectivity index (χ0n) is 13.9. The summed E-state index contributed by atoms with van der Waals surface area (Å²) in [5, 5.41) is 17.9. The van der Waals surface area contributed by atoms with Gasteiger partial charge in [-0.2, -0.15) is 0 Å². The molecular formula is C18H19Br2N3O3. The molecule has 0 aliphatic carbocycles. The van der Waals surface area contributed by atoms with Gasteiger partial charge in [0.15, 0.2) is 0 Å². The first-order valence-corrected chi connectivity index (χ1v) is 9.57. The van der Waals surface area contributed by atoms with Crippen molar-refractivity contribution in [3.8, 4) is 5.75 Å². The average molecular weight is 485 g/mol. The third kappa shape index (κ3) is 7.05. The zero-order valence-corrected chi connectivity index (χ0v) is 17.1. The Balaban J connectivity index is 1.63. The van der Waals surface area contributed by atoms with E-state index >= 15 is 0 Å². The van der Waals surface area contributed by atoms with Gasteiger partial charge in [0.2, 0.25) is 5.91 Å². The van der Waals surface area contributed by atoms with Gasteiger partial charge in [-0.25, -0.2) is 4.79 Å². The van der Waals surface area contributed by atoms with Gasteiger partial charge in [0.25, 0.3) is 0 Å². The third-order valence-electron chi connectivity index (χ3n) is 3.48. The van der Waals surface area contributed by atoms with Gasteiger partial charge in [-0.05, 0) is 48.9 Å². The SMILES string of the molecule is O=C(CCCNC(=O)NCc1cc(Br)ccc1O)Nc1ccc(Br)cc1. The van der Waals surface area contributed by atoms with Crippen molar-refractivity contribution in [2.75, 3.05) is 11.9 Å². The fourth-order valence-electron chi connectivity index (χ4n) is 2.14. The number of hydrogen-bond acceptors (Lipinski definition) is 3. The maximum Gasteiger partial charge on any atom is 0.315 e. The van der Waals surface area contributed by atoms with E-state index in [1.54, 1.807) is 18.2 Å². The van der Waals surface area contributed by atoms with Gasteiger partial charge < -0.3 is 21.1 Å². The maximum absolute atomic E-state index is 11.8. The van der Waals surface area contributed by atoms with Gasteiger partial charge in [-0.15, -0.1) is 0 Å². The molecule has 138 valence electrons. The van der Waals surface area contributed by atoms with Gasteiger partial charge in [0.05, 0.1) is 0 Å². The summed E-state index contributed by atoms with van der Waals surface area (Å²) in [6, 6.07) is 12.0. The number of carbonyl (C=O) groups excluding carboxylic acids is 2. The van der Waals surface area contributed by atoms with E-state index in [1.807, 2.05) is 24.3 Å². The maximum atomic E-state index is 11.8. The van der Waals surface area contributed by atoms with Crippen molar-refractivity contribution in [3.63, 3.8) is 0 Å². The molecule has 0 aliphatic rings. The number of phenolic OH excluding ortho intramolecular Hbond substituents is 1. The summed E-state index contributed by atoms with van der Waals surface area (Å²) >= 11 is 6.65. The molecule has 0 fully saturated rings. The lowest BCUT2D eigenvalue weighted by molar-refractivity contribution is -0.116. The Hall–Kier alpha value is -2.06. The van der Waals surface area contributed by atoms with Crippen molar-refractivity contribution in [2.45, 2.75) is 19.4 Å². The van der Waals surface area contributed by atoms with Crippen LogP contribution in [-0.2, 0) is 11.3 Å². The summed E-state index contributed by atoms with van der Waals surface area (Å²) in [4.78, 5) is 23.6. The van der Waals surface area contributed by atoms with Crippen molar-refractivity contribution >= 4 is 49.5 Å². The van der Waals surface area contributed by atoms with Crippen molar-refractivity contribution in [1.82, 2.24) is 10.6 Å². The number of anilines is 1. The molecule has 0 heterocycles. The van der Waals surface area contributed by atoms with Crippen LogP contribution in [0.4, 0.5) is 10.5 Å². The van der Waals surface area contributed by atoms with Crippen molar-refractivity contribution in [1.29, 1.82) is 0 Å². The highest BCUT2D eigenvalue weighted by Gasteiger charge is 2.06. The summed E-state index contributed by atoms with van der Waals surface area (Å²) in [5.74, 6) is 0.0201. The number of rotatable bonds is 7. The van der Waals surface area contributed by atoms with Gasteiger partial charge >= 0.3 is 6.03 Å². The first-order valence-electron chi connectivity index (χ1n) is 7.98. The van der Waals surface area contributed by atoms with E-state index in [9.17, 15) is 14.7 Å². The minimum atomic E-state index is -0.349. The number of urea groups is 1. The molecule has 26 heavy (non-hydrogen) atoms. The minimum absolute atomic E-state index is 0.103. The molecule has 0 aliphatic heterocycles. The fraction of sp³-hybridized carbons (Fsp3) is 0.222. The Kier molecular flexibility index (Phi) is 7.93. The van der Waals surface area contributed by atoms with Gasteiger partial charge in [0, 0.05) is 39.7 Å². The van der Waals surface area contributed by atoms with Crippen LogP contribution in [0.3, 0.4) is 0 Å². The van der Waals surface area contributed by atoms with E-state index in [4.69, 9.17) is 0 Å². The topological polar surface area (TPSA) is 90.5 Å². The second kappa shape index (κ2) is 10.2. The molecule has 0 aromatic heterocycles. The van der Waals surface area contributed by atoms with Crippen molar-refractivity contribution in [3.05, 3.63) is 57.0 Å². The molecule has 8 heteroatoms. The molecule has 2 aromatic rings. The molecule has 0 saturated carbocycles. The van der Waals surface area contributed by atoms with E-state index in [1.165, 1.54) is 0 Å². The second-order valence-corrected chi connectivity index (χ2v) is 7.37. The Morgan fingerprint density at radius 1 is 0.962 bits per heavy atom. The highest BCUT2D eigenvalue weighted by atomic mass is 79.9. The predicted octanol–water partition coefficient (Wildman–Crippen LogP) is 4.14. The van der Waals surface area contributed by atoms with Crippen LogP contribution in [-0.4, -0.2) is 23.6 Å². The second-order valence-electron chi connectivity index (χ2n) is 5.54. The molecule has 0 bridgehead atoms. The standard InChI is InChI=1S/C18H19Br2N3O3/c19-13-3-6-15(7-4-13)23-17(25)2-1-9-21-18(26)22-11-12-10-14(20)5-8-16(12)24/h3-8,10,24H,1-2,9,11H2,(H,23,25)(H2,21,22,26). The number of nitrogens with one attached hydrogen (secondary N) is 3. The molecule has 0 spiro atoms. The molecule has 0 radical (unpaired) electrons. The van der Waals surface area contributed by atoms with Crippen LogP contribution in [0.1, 0.15) is 18.4 Å². The number of benzene rings is 2. The number of phenols is 1. The molecule has 0 atom stereocenters. The Bertz CT molecular complexity index is 767. The molecule has 0 saturated heterocycles. The minimum Gasteiger partial charge on any atom is -0.508 e. The molecule has 6 nitrogen and oxygen atoms in total. The quantitative estimate of drug-likeness (QED) is 0.445. The molecule has 2 aromatic carbocycles. The van der Waals surface area contributed by atoms with Crippen LogP contribution in [0.15, 0.2) is 51.4 Å².